The summed E-state index contributed by atoms with van der Waals surface area (Å²) in [6.07, 6.45) is 4.08. The lowest BCUT2D eigenvalue weighted by Gasteiger charge is -2.30. The number of ether oxygens (including phenoxy) is 2. The zero-order valence-corrected chi connectivity index (χ0v) is 30.8. The summed E-state index contributed by atoms with van der Waals surface area (Å²) in [5.74, 6) is 0.962. The van der Waals surface area contributed by atoms with Crippen molar-refractivity contribution in [2.24, 2.45) is 0 Å². The lowest BCUT2D eigenvalue weighted by molar-refractivity contribution is -0.140. The van der Waals surface area contributed by atoms with Crippen LogP contribution in [0.2, 0.25) is 0 Å². The van der Waals surface area contributed by atoms with Gasteiger partial charge in [0.25, 0.3) is 0 Å². The molecule has 0 bridgehead atoms. The van der Waals surface area contributed by atoms with Crippen molar-refractivity contribution < 1.29 is 39.8 Å². The van der Waals surface area contributed by atoms with Crippen LogP contribution in [0, 0.1) is 6.92 Å². The molecule has 5 atom stereocenters. The number of aromatic nitrogens is 1. The molecule has 5 unspecified atom stereocenters. The van der Waals surface area contributed by atoms with Gasteiger partial charge >= 0.3 is 0 Å². The maximum Gasteiger partial charge on any atom is 0.222 e. The van der Waals surface area contributed by atoms with Gasteiger partial charge in [-0.05, 0) is 97.7 Å². The Kier molecular flexibility index (Phi) is 14.2. The molecule has 2 fully saturated rings. The number of benzene rings is 2. The van der Waals surface area contributed by atoms with Crippen molar-refractivity contribution in [3.63, 3.8) is 0 Å². The molecular formula is C41H57N3O8. The molecule has 1 amide bonds. The van der Waals surface area contributed by atoms with E-state index in [0.29, 0.717) is 38.6 Å². The quantitative estimate of drug-likeness (QED) is 0.0839. The van der Waals surface area contributed by atoms with Crippen LogP contribution in [0.5, 0.6) is 5.75 Å². The zero-order chi connectivity index (χ0) is 37.3. The van der Waals surface area contributed by atoms with Crippen molar-refractivity contribution in [1.82, 2.24) is 15.2 Å². The Morgan fingerprint density at radius 2 is 1.77 bits per heavy atom. The number of nitrogens with zero attached hydrogens (tertiary/aromatic N) is 2. The number of carbonyl (C=O) groups excluding carboxylic acids is 1. The van der Waals surface area contributed by atoms with E-state index in [1.165, 1.54) is 27.2 Å². The highest BCUT2D eigenvalue weighted by molar-refractivity contribution is 5.76. The molecule has 0 aliphatic heterocycles. The van der Waals surface area contributed by atoms with Crippen LogP contribution < -0.4 is 10.1 Å². The SMILES string of the molecule is COCCCN(CC(O)C(O)C(O)C(O)CO)C(=O)CCCC(C)c1ccc(C)c(CNC2(c3cnccc3-c3ccccc3OC3CC3)CC2)c1. The number of carbonyl (C=O) groups is 1. The van der Waals surface area contributed by atoms with Gasteiger partial charge in [0.1, 0.15) is 30.2 Å². The molecular weight excluding hydrogens is 662 g/mol. The normalized spacial score (nSPS) is 17.9. The fraction of sp³-hybridized carbons (Fsp3) is 0.561. The first-order valence-electron chi connectivity index (χ1n) is 18.7. The summed E-state index contributed by atoms with van der Waals surface area (Å²) in [5.41, 5.74) is 6.97. The van der Waals surface area contributed by atoms with Gasteiger partial charge in [0.2, 0.25) is 5.91 Å². The second-order valence-electron chi connectivity index (χ2n) is 14.6. The van der Waals surface area contributed by atoms with Crippen LogP contribution in [0.4, 0.5) is 0 Å². The maximum atomic E-state index is 13.3. The summed E-state index contributed by atoms with van der Waals surface area (Å²) in [5, 5.41) is 53.6. The third-order valence-electron chi connectivity index (χ3n) is 10.5. The highest BCUT2D eigenvalue weighted by Gasteiger charge is 2.46. The number of aliphatic hydroxyl groups is 5. The van der Waals surface area contributed by atoms with Crippen LogP contribution in [0.25, 0.3) is 11.1 Å². The maximum absolute atomic E-state index is 13.3. The first kappa shape index (κ1) is 39.8. The van der Waals surface area contributed by atoms with Crippen LogP contribution >= 0.6 is 0 Å². The molecule has 284 valence electrons. The first-order valence-corrected chi connectivity index (χ1v) is 18.7. The molecule has 3 aromatic rings. The molecule has 5 rings (SSSR count). The Morgan fingerprint density at radius 1 is 1.02 bits per heavy atom. The lowest BCUT2D eigenvalue weighted by atomic mass is 9.91. The van der Waals surface area contributed by atoms with E-state index >= 15 is 0 Å². The minimum Gasteiger partial charge on any atom is -0.490 e. The lowest BCUT2D eigenvalue weighted by Crippen LogP contribution is -2.50. The number of amides is 1. The fourth-order valence-corrected chi connectivity index (χ4v) is 6.79. The van der Waals surface area contributed by atoms with Gasteiger partial charge in [-0.3, -0.25) is 9.78 Å². The van der Waals surface area contributed by atoms with Crippen LogP contribution in [0.15, 0.2) is 60.9 Å². The van der Waals surface area contributed by atoms with Crippen LogP contribution in [0.3, 0.4) is 0 Å². The van der Waals surface area contributed by atoms with Crippen LogP contribution in [-0.4, -0.2) is 105 Å². The standard InChI is InChI=1S/C41H57N3O8/c1-27(8-6-11-38(48)44(20-7-21-51-3)25-35(46)39(49)40(50)36(47)26-45)29-13-12-28(2)30(22-29)23-43-41(17-18-41)34-24-42-19-16-32(34)33-9-4-5-10-37(33)52-31-14-15-31/h4-5,9-10,12-13,16,19,22,24,27,31,35-36,39-40,43,45-47,49-50H,6-8,11,14-15,17-18,20-21,23,25-26H2,1-3H3. The van der Waals surface area contributed by atoms with E-state index in [1.54, 1.807) is 7.11 Å². The summed E-state index contributed by atoms with van der Waals surface area (Å²) in [7, 11) is 1.57. The molecule has 11 nitrogen and oxygen atoms in total. The molecule has 1 aromatic heterocycles. The van der Waals surface area contributed by atoms with E-state index in [-0.39, 0.29) is 30.3 Å². The molecule has 0 saturated heterocycles. The predicted octanol–water partition coefficient (Wildman–Crippen LogP) is 3.95. The first-order chi connectivity index (χ1) is 25.1. The van der Waals surface area contributed by atoms with Crippen LogP contribution in [0.1, 0.15) is 86.5 Å². The topological polar surface area (TPSA) is 165 Å². The number of hydrogen-bond donors (Lipinski definition) is 6. The van der Waals surface area contributed by atoms with Gasteiger partial charge in [0, 0.05) is 63.3 Å². The largest absolute Gasteiger partial charge is 0.490 e. The van der Waals surface area contributed by atoms with E-state index < -0.39 is 31.0 Å². The van der Waals surface area contributed by atoms with Gasteiger partial charge < -0.3 is 45.2 Å². The third-order valence-corrected chi connectivity index (χ3v) is 10.5. The summed E-state index contributed by atoms with van der Waals surface area (Å²) in [6.45, 7) is 4.77. The summed E-state index contributed by atoms with van der Waals surface area (Å²) >= 11 is 0. The molecule has 0 radical (unpaired) electrons. The molecule has 2 aromatic carbocycles. The third kappa shape index (κ3) is 10.4. The number of methoxy groups -OCH3 is 1. The van der Waals surface area contributed by atoms with E-state index in [2.05, 4.69) is 66.6 Å². The number of nitrogens with one attached hydrogen (secondary N) is 1. The second-order valence-corrected chi connectivity index (χ2v) is 14.6. The summed E-state index contributed by atoms with van der Waals surface area (Å²) in [4.78, 5) is 19.3. The van der Waals surface area contributed by atoms with Gasteiger partial charge in [0.05, 0.1) is 12.7 Å². The van der Waals surface area contributed by atoms with E-state index in [0.717, 1.165) is 49.0 Å². The van der Waals surface area contributed by atoms with Gasteiger partial charge in [0.15, 0.2) is 0 Å². The number of pyridine rings is 1. The molecule has 2 aliphatic carbocycles. The Labute approximate surface area is 307 Å². The minimum absolute atomic E-state index is 0.153. The smallest absolute Gasteiger partial charge is 0.222 e. The highest BCUT2D eigenvalue weighted by atomic mass is 16.5. The van der Waals surface area contributed by atoms with Crippen molar-refractivity contribution in [2.75, 3.05) is 33.4 Å². The molecule has 11 heteroatoms. The van der Waals surface area contributed by atoms with Gasteiger partial charge in [-0.15, -0.1) is 0 Å². The molecule has 2 aliphatic rings. The van der Waals surface area contributed by atoms with Crippen LogP contribution in [-0.2, 0) is 21.6 Å². The second kappa shape index (κ2) is 18.6. The van der Waals surface area contributed by atoms with Crippen molar-refractivity contribution in [1.29, 1.82) is 0 Å². The summed E-state index contributed by atoms with van der Waals surface area (Å²) < 4.78 is 11.4. The van der Waals surface area contributed by atoms with Crippen molar-refractivity contribution in [3.8, 4) is 16.9 Å². The van der Waals surface area contributed by atoms with Crippen molar-refractivity contribution >= 4 is 5.91 Å². The van der Waals surface area contributed by atoms with Gasteiger partial charge in [-0.25, -0.2) is 0 Å². The van der Waals surface area contributed by atoms with E-state index in [1.807, 2.05) is 18.5 Å². The highest BCUT2D eigenvalue weighted by Crippen LogP contribution is 2.50. The molecule has 6 N–H and O–H groups in total. The average molecular weight is 720 g/mol. The Balaban J connectivity index is 1.18. The number of rotatable bonds is 22. The average Bonchev–Trinajstić information content (AvgIpc) is 4.11. The summed E-state index contributed by atoms with van der Waals surface area (Å²) in [6, 6.07) is 17.0. The number of para-hydroxylation sites is 1. The molecule has 0 spiro atoms. The fourth-order valence-electron chi connectivity index (χ4n) is 6.79. The Morgan fingerprint density at radius 3 is 2.48 bits per heavy atom. The molecule has 52 heavy (non-hydrogen) atoms. The number of aryl methyl sites for hydroxylation is 1. The van der Waals surface area contributed by atoms with E-state index in [4.69, 9.17) is 14.6 Å². The van der Waals surface area contributed by atoms with Gasteiger partial charge in [-0.2, -0.15) is 0 Å². The monoisotopic (exact) mass is 719 g/mol. The Hall–Kier alpha value is -3.42. The molecule has 1 heterocycles. The predicted molar refractivity (Wildman–Crippen MR) is 199 cm³/mol. The van der Waals surface area contributed by atoms with Crippen molar-refractivity contribution in [2.45, 2.75) is 114 Å². The van der Waals surface area contributed by atoms with E-state index in [9.17, 15) is 25.2 Å². The minimum atomic E-state index is -1.75. The number of hydrogen-bond acceptors (Lipinski definition) is 10. The number of aliphatic hydroxyl groups excluding tert-OH is 5. The van der Waals surface area contributed by atoms with Crippen molar-refractivity contribution in [3.05, 3.63) is 83.2 Å². The Bertz CT molecular complexity index is 1600. The van der Waals surface area contributed by atoms with Gasteiger partial charge in [-0.1, -0.05) is 43.3 Å². The molecule has 2 saturated carbocycles. The zero-order valence-electron chi connectivity index (χ0n) is 30.8.